The summed E-state index contributed by atoms with van der Waals surface area (Å²) >= 11 is 0. The number of nitrogens with zero attached hydrogens (tertiary/aromatic N) is 1. The fourth-order valence-corrected chi connectivity index (χ4v) is 0.843. The Kier molecular flexibility index (Phi) is 1.59. The van der Waals surface area contributed by atoms with E-state index in [4.69, 9.17) is 11.0 Å². The number of rotatable bonds is 0. The van der Waals surface area contributed by atoms with E-state index in [1.54, 1.807) is 6.07 Å². The molecule has 0 fully saturated rings. The van der Waals surface area contributed by atoms with E-state index < -0.39 is 0 Å². The van der Waals surface area contributed by atoms with Gasteiger partial charge in [-0.15, -0.1) is 0 Å². The van der Waals surface area contributed by atoms with Crippen LogP contribution in [0.25, 0.3) is 0 Å². The summed E-state index contributed by atoms with van der Waals surface area (Å²) in [5.41, 5.74) is 7.59. The van der Waals surface area contributed by atoms with Gasteiger partial charge in [-0.2, -0.15) is 5.26 Å². The van der Waals surface area contributed by atoms with Gasteiger partial charge in [-0.25, -0.2) is 0 Å². The van der Waals surface area contributed by atoms with Crippen LogP contribution < -0.4 is 5.73 Å². The van der Waals surface area contributed by atoms with Gasteiger partial charge in [0.15, 0.2) is 0 Å². The molecule has 0 amide bonds. The molecule has 1 aromatic rings. The van der Waals surface area contributed by atoms with E-state index in [0.717, 1.165) is 5.56 Å². The molecule has 0 aromatic heterocycles. The van der Waals surface area contributed by atoms with E-state index in [-0.39, 0.29) is 0 Å². The highest BCUT2D eigenvalue weighted by Gasteiger charge is 1.98. The molecule has 50 valence electrons. The topological polar surface area (TPSA) is 49.8 Å². The second kappa shape index (κ2) is 2.40. The highest BCUT2D eigenvalue weighted by molar-refractivity contribution is 5.57. The molecule has 1 rings (SSSR count). The fraction of sp³-hybridized carbons (Fsp3) is 0.125. The van der Waals surface area contributed by atoms with Gasteiger partial charge in [-0.05, 0) is 18.6 Å². The lowest BCUT2D eigenvalue weighted by molar-refractivity contribution is 1.40. The molecule has 1 aromatic carbocycles. The second-order valence-corrected chi connectivity index (χ2v) is 2.15. The van der Waals surface area contributed by atoms with Crippen molar-refractivity contribution in [1.29, 1.82) is 5.26 Å². The Balaban J connectivity index is 3.34. The second-order valence-electron chi connectivity index (χ2n) is 2.15. The molecule has 0 atom stereocenters. The zero-order valence-electron chi connectivity index (χ0n) is 5.76. The molecule has 0 aliphatic carbocycles. The Morgan fingerprint density at radius 3 is 2.60 bits per heavy atom. The van der Waals surface area contributed by atoms with Crippen LogP contribution in [0.15, 0.2) is 18.2 Å². The molecule has 0 saturated heterocycles. The first-order valence-electron chi connectivity index (χ1n) is 3.01. The molecule has 2 nitrogen and oxygen atoms in total. The maximum Gasteiger partial charge on any atom is 0.102 e. The highest BCUT2D eigenvalue weighted by Crippen LogP contribution is 2.13. The van der Waals surface area contributed by atoms with E-state index >= 15 is 0 Å². The minimum atomic E-state index is 0.558. The van der Waals surface area contributed by atoms with E-state index in [9.17, 15) is 0 Å². The van der Waals surface area contributed by atoms with Crippen molar-refractivity contribution < 1.29 is 0 Å². The summed E-state index contributed by atoms with van der Waals surface area (Å²) < 4.78 is 0. The standard InChI is InChI=1S/C8H8N2/c1-6-3-2-4-8(10)7(6)5-9/h2-4H,10H2,1H3. The van der Waals surface area contributed by atoms with Crippen LogP contribution in [0, 0.1) is 18.3 Å². The van der Waals surface area contributed by atoms with Gasteiger partial charge in [-0.3, -0.25) is 0 Å². The Labute approximate surface area is 59.9 Å². The number of nitriles is 1. The molecule has 0 heterocycles. The van der Waals surface area contributed by atoms with Crippen LogP contribution in [-0.4, -0.2) is 0 Å². The van der Waals surface area contributed by atoms with Crippen molar-refractivity contribution in [3.05, 3.63) is 29.3 Å². The van der Waals surface area contributed by atoms with E-state index in [1.807, 2.05) is 25.1 Å². The number of anilines is 1. The molecule has 2 heteroatoms. The van der Waals surface area contributed by atoms with Crippen LogP contribution in [0.4, 0.5) is 5.69 Å². The molecular formula is C8H8N2. The van der Waals surface area contributed by atoms with Gasteiger partial charge < -0.3 is 5.73 Å². The Morgan fingerprint density at radius 1 is 1.50 bits per heavy atom. The van der Waals surface area contributed by atoms with Gasteiger partial charge in [0.25, 0.3) is 0 Å². The Hall–Kier alpha value is -1.49. The van der Waals surface area contributed by atoms with E-state index in [0.29, 0.717) is 11.3 Å². The summed E-state index contributed by atoms with van der Waals surface area (Å²) in [6, 6.07) is 7.48. The summed E-state index contributed by atoms with van der Waals surface area (Å²) in [6.07, 6.45) is 0. The first kappa shape index (κ1) is 6.63. The fourth-order valence-electron chi connectivity index (χ4n) is 0.843. The van der Waals surface area contributed by atoms with Crippen molar-refractivity contribution in [2.24, 2.45) is 0 Å². The lowest BCUT2D eigenvalue weighted by Crippen LogP contribution is -1.91. The third-order valence-corrected chi connectivity index (χ3v) is 1.42. The molecule has 0 spiro atoms. The maximum absolute atomic E-state index is 8.57. The number of hydrogen-bond donors (Lipinski definition) is 1. The van der Waals surface area contributed by atoms with Crippen LogP contribution in [0.3, 0.4) is 0 Å². The minimum Gasteiger partial charge on any atom is -0.398 e. The van der Waals surface area contributed by atoms with Gasteiger partial charge in [0.1, 0.15) is 6.07 Å². The molecule has 0 aliphatic rings. The molecule has 0 aliphatic heterocycles. The lowest BCUT2D eigenvalue weighted by atomic mass is 10.1. The summed E-state index contributed by atoms with van der Waals surface area (Å²) in [5.74, 6) is 0. The molecule has 0 saturated carbocycles. The molecular weight excluding hydrogens is 124 g/mol. The maximum atomic E-state index is 8.57. The smallest absolute Gasteiger partial charge is 0.102 e. The van der Waals surface area contributed by atoms with E-state index in [2.05, 4.69) is 0 Å². The molecule has 0 unspecified atom stereocenters. The van der Waals surface area contributed by atoms with Crippen molar-refractivity contribution in [3.63, 3.8) is 0 Å². The lowest BCUT2D eigenvalue weighted by Gasteiger charge is -1.98. The van der Waals surface area contributed by atoms with Crippen LogP contribution in [0.2, 0.25) is 0 Å². The van der Waals surface area contributed by atoms with Gasteiger partial charge in [0, 0.05) is 5.69 Å². The third-order valence-electron chi connectivity index (χ3n) is 1.42. The average molecular weight is 132 g/mol. The number of hydrogen-bond acceptors (Lipinski definition) is 2. The minimum absolute atomic E-state index is 0.558. The van der Waals surface area contributed by atoms with Crippen LogP contribution in [0.5, 0.6) is 0 Å². The van der Waals surface area contributed by atoms with Crippen molar-refractivity contribution in [1.82, 2.24) is 0 Å². The molecule has 0 bridgehead atoms. The van der Waals surface area contributed by atoms with Crippen LogP contribution in [0.1, 0.15) is 11.1 Å². The van der Waals surface area contributed by atoms with Gasteiger partial charge in [0.2, 0.25) is 0 Å². The monoisotopic (exact) mass is 132 g/mol. The summed E-state index contributed by atoms with van der Waals surface area (Å²) in [7, 11) is 0. The first-order chi connectivity index (χ1) is 4.75. The zero-order valence-corrected chi connectivity index (χ0v) is 5.76. The number of nitrogen functional groups attached to an aromatic ring is 1. The molecule has 0 radical (unpaired) electrons. The predicted octanol–water partition coefficient (Wildman–Crippen LogP) is 1.45. The quantitative estimate of drug-likeness (QED) is 0.543. The predicted molar refractivity (Wildman–Crippen MR) is 40.3 cm³/mol. The van der Waals surface area contributed by atoms with Crippen molar-refractivity contribution in [2.75, 3.05) is 5.73 Å². The highest BCUT2D eigenvalue weighted by atomic mass is 14.6. The zero-order chi connectivity index (χ0) is 7.56. The van der Waals surface area contributed by atoms with E-state index in [1.165, 1.54) is 0 Å². The SMILES string of the molecule is Cc1cccc(N)c1C#N. The van der Waals surface area contributed by atoms with Crippen LogP contribution in [-0.2, 0) is 0 Å². The normalized spacial score (nSPS) is 8.80. The summed E-state index contributed by atoms with van der Waals surface area (Å²) in [4.78, 5) is 0. The van der Waals surface area contributed by atoms with Gasteiger partial charge >= 0.3 is 0 Å². The largest absolute Gasteiger partial charge is 0.398 e. The molecule has 2 N–H and O–H groups in total. The third kappa shape index (κ3) is 0.939. The molecule has 10 heavy (non-hydrogen) atoms. The van der Waals surface area contributed by atoms with Gasteiger partial charge in [-0.1, -0.05) is 12.1 Å². The first-order valence-corrected chi connectivity index (χ1v) is 3.01. The number of benzene rings is 1. The van der Waals surface area contributed by atoms with Crippen molar-refractivity contribution in [3.8, 4) is 6.07 Å². The Bertz CT molecular complexity index is 264. The van der Waals surface area contributed by atoms with Gasteiger partial charge in [0.05, 0.1) is 5.56 Å². The summed E-state index contributed by atoms with van der Waals surface area (Å²) in [5, 5.41) is 8.57. The Morgan fingerprint density at radius 2 is 2.20 bits per heavy atom. The summed E-state index contributed by atoms with van der Waals surface area (Å²) in [6.45, 7) is 1.87. The van der Waals surface area contributed by atoms with Crippen molar-refractivity contribution in [2.45, 2.75) is 6.92 Å². The van der Waals surface area contributed by atoms with Crippen molar-refractivity contribution >= 4 is 5.69 Å². The number of aryl methyl sites for hydroxylation is 1. The van der Waals surface area contributed by atoms with Crippen LogP contribution >= 0.6 is 0 Å². The number of nitrogens with two attached hydrogens (primary N) is 1. The average Bonchev–Trinajstić information content (AvgIpc) is 1.88.